The van der Waals surface area contributed by atoms with E-state index in [1.54, 1.807) is 23.7 Å². The molecule has 0 radical (unpaired) electrons. The summed E-state index contributed by atoms with van der Waals surface area (Å²) in [6.07, 6.45) is 5.71. The van der Waals surface area contributed by atoms with E-state index in [-0.39, 0.29) is 5.91 Å². The molecule has 1 amide bonds. The quantitative estimate of drug-likeness (QED) is 0.261. The largest absolute Gasteiger partial charge is 0.353 e. The highest BCUT2D eigenvalue weighted by Crippen LogP contribution is 2.36. The summed E-state index contributed by atoms with van der Waals surface area (Å²) in [5.41, 5.74) is 7.30. The number of aromatic nitrogens is 5. The first kappa shape index (κ1) is 21.2. The lowest BCUT2D eigenvalue weighted by Gasteiger charge is -2.06. The van der Waals surface area contributed by atoms with E-state index in [0.29, 0.717) is 12.1 Å². The molecule has 0 aliphatic rings. The number of nitrogens with zero attached hydrogens (tertiary/aromatic N) is 3. The first-order chi connectivity index (χ1) is 17.1. The molecule has 0 saturated heterocycles. The number of pyridine rings is 2. The molecule has 35 heavy (non-hydrogen) atoms. The van der Waals surface area contributed by atoms with Crippen LogP contribution in [-0.2, 0) is 4.79 Å². The van der Waals surface area contributed by atoms with Gasteiger partial charge in [0.1, 0.15) is 5.69 Å². The summed E-state index contributed by atoms with van der Waals surface area (Å²) >= 11 is 1.74. The maximum Gasteiger partial charge on any atom is 0.224 e. The number of benzene rings is 1. The maximum absolute atomic E-state index is 11.8. The van der Waals surface area contributed by atoms with E-state index >= 15 is 0 Å². The van der Waals surface area contributed by atoms with Crippen molar-refractivity contribution in [3.63, 3.8) is 0 Å². The minimum absolute atomic E-state index is 0.0399. The summed E-state index contributed by atoms with van der Waals surface area (Å²) in [7, 11) is 0. The van der Waals surface area contributed by atoms with Crippen LogP contribution in [0.15, 0.2) is 67.1 Å². The number of aryl methyl sites for hydroxylation is 1. The molecule has 5 heterocycles. The van der Waals surface area contributed by atoms with E-state index in [4.69, 9.17) is 0 Å². The fourth-order valence-corrected chi connectivity index (χ4v) is 5.13. The van der Waals surface area contributed by atoms with Crippen LogP contribution in [0.2, 0.25) is 0 Å². The highest BCUT2D eigenvalue weighted by molar-refractivity contribution is 7.15. The van der Waals surface area contributed by atoms with Crippen LogP contribution in [0.25, 0.3) is 54.9 Å². The Bertz CT molecular complexity index is 1710. The molecule has 1 aromatic carbocycles. The van der Waals surface area contributed by atoms with E-state index in [1.807, 2.05) is 37.4 Å². The normalized spacial score (nSPS) is 11.4. The van der Waals surface area contributed by atoms with Gasteiger partial charge in [-0.05, 0) is 55.0 Å². The molecule has 0 saturated carbocycles. The van der Waals surface area contributed by atoms with Gasteiger partial charge in [0.25, 0.3) is 0 Å². The second-order valence-electron chi connectivity index (χ2n) is 8.41. The number of fused-ring (bicyclic) bond motifs is 2. The number of carbonyl (C=O) groups is 1. The predicted molar refractivity (Wildman–Crippen MR) is 141 cm³/mol. The average Bonchev–Trinajstić information content (AvgIpc) is 3.61. The van der Waals surface area contributed by atoms with Gasteiger partial charge in [0.15, 0.2) is 0 Å². The summed E-state index contributed by atoms with van der Waals surface area (Å²) in [5, 5.41) is 12.7. The van der Waals surface area contributed by atoms with Crippen LogP contribution in [-0.4, -0.2) is 31.1 Å². The molecule has 0 atom stereocenters. The van der Waals surface area contributed by atoms with Crippen LogP contribution in [0.3, 0.4) is 0 Å². The number of rotatable bonds is 5. The molecular weight excluding hydrogens is 456 g/mol. The van der Waals surface area contributed by atoms with Gasteiger partial charge in [0.2, 0.25) is 5.91 Å². The standard InChI is InChI=1S/C27H22N6OS/c1-3-25(34)30-18-10-17(13-28-14-18)16-5-6-22-19(11-16)26(33-32-22)23-12-20-21(31-23)8-9-29-27(20)24-7-4-15(2)35-24/h4-14,31H,3H2,1-2H3,(H,30,34)(H,32,33). The number of thiophene rings is 1. The van der Waals surface area contributed by atoms with E-state index in [2.05, 4.69) is 61.7 Å². The van der Waals surface area contributed by atoms with Crippen molar-refractivity contribution in [2.45, 2.75) is 20.3 Å². The van der Waals surface area contributed by atoms with E-state index < -0.39 is 0 Å². The molecule has 8 heteroatoms. The Morgan fingerprint density at radius 2 is 1.86 bits per heavy atom. The summed E-state index contributed by atoms with van der Waals surface area (Å²) in [4.78, 5) is 26.7. The van der Waals surface area contributed by atoms with Crippen molar-refractivity contribution in [2.75, 3.05) is 5.32 Å². The monoisotopic (exact) mass is 478 g/mol. The molecule has 0 aliphatic carbocycles. The highest BCUT2D eigenvalue weighted by atomic mass is 32.1. The van der Waals surface area contributed by atoms with Crippen molar-refractivity contribution in [3.8, 4) is 33.1 Å². The average molecular weight is 479 g/mol. The predicted octanol–water partition coefficient (Wildman–Crippen LogP) is 6.55. The Morgan fingerprint density at radius 3 is 2.69 bits per heavy atom. The molecular formula is C27H22N6OS. The van der Waals surface area contributed by atoms with Crippen LogP contribution >= 0.6 is 11.3 Å². The maximum atomic E-state index is 11.8. The first-order valence-electron chi connectivity index (χ1n) is 11.4. The topological polar surface area (TPSA) is 99.3 Å². The number of hydrogen-bond donors (Lipinski definition) is 3. The van der Waals surface area contributed by atoms with Gasteiger partial charge in [0.05, 0.1) is 33.7 Å². The second-order valence-corrected chi connectivity index (χ2v) is 9.70. The number of carbonyl (C=O) groups excluding carboxylic acids is 1. The number of nitrogens with one attached hydrogen (secondary N) is 3. The summed E-state index contributed by atoms with van der Waals surface area (Å²) in [6.45, 7) is 3.93. The third kappa shape index (κ3) is 3.87. The Balaban J connectivity index is 1.43. The number of amides is 1. The minimum atomic E-state index is -0.0399. The Morgan fingerprint density at radius 1 is 0.971 bits per heavy atom. The van der Waals surface area contributed by atoms with Crippen LogP contribution in [0.5, 0.6) is 0 Å². The van der Waals surface area contributed by atoms with Gasteiger partial charge in [-0.3, -0.25) is 19.9 Å². The third-order valence-corrected chi connectivity index (χ3v) is 7.02. The van der Waals surface area contributed by atoms with Gasteiger partial charge < -0.3 is 10.3 Å². The molecule has 0 unspecified atom stereocenters. The van der Waals surface area contributed by atoms with Gasteiger partial charge in [0, 0.05) is 45.5 Å². The van der Waals surface area contributed by atoms with Gasteiger partial charge >= 0.3 is 0 Å². The fourth-order valence-electron chi connectivity index (χ4n) is 4.25. The molecule has 0 bridgehead atoms. The molecule has 7 nitrogen and oxygen atoms in total. The van der Waals surface area contributed by atoms with Gasteiger partial charge in [-0.1, -0.05) is 13.0 Å². The number of aromatic amines is 2. The van der Waals surface area contributed by atoms with E-state index in [1.165, 1.54) is 4.88 Å². The zero-order chi connectivity index (χ0) is 23.9. The molecule has 6 aromatic rings. The molecule has 0 spiro atoms. The summed E-state index contributed by atoms with van der Waals surface area (Å²) in [6, 6.07) is 16.4. The van der Waals surface area contributed by atoms with Crippen LogP contribution < -0.4 is 5.32 Å². The number of H-pyrrole nitrogens is 2. The summed E-state index contributed by atoms with van der Waals surface area (Å²) in [5.74, 6) is -0.0399. The second kappa shape index (κ2) is 8.48. The van der Waals surface area contributed by atoms with Crippen molar-refractivity contribution in [2.24, 2.45) is 0 Å². The SMILES string of the molecule is CCC(=O)Nc1cncc(-c2ccc3[nH]nc(-c4cc5c(-c6ccc(C)s6)nccc5[nH]4)c3c2)c1. The Kier molecular flexibility index (Phi) is 5.15. The zero-order valence-electron chi connectivity index (χ0n) is 19.2. The molecule has 5 aromatic heterocycles. The zero-order valence-corrected chi connectivity index (χ0v) is 20.0. The third-order valence-electron chi connectivity index (χ3n) is 6.02. The lowest BCUT2D eigenvalue weighted by molar-refractivity contribution is -0.115. The van der Waals surface area contributed by atoms with E-state index in [9.17, 15) is 4.79 Å². The lowest BCUT2D eigenvalue weighted by atomic mass is 10.0. The van der Waals surface area contributed by atoms with Crippen LogP contribution in [0.1, 0.15) is 18.2 Å². The van der Waals surface area contributed by atoms with Gasteiger partial charge in [-0.25, -0.2) is 0 Å². The molecule has 0 aliphatic heterocycles. The molecule has 0 fully saturated rings. The van der Waals surface area contributed by atoms with Gasteiger partial charge in [-0.2, -0.15) is 5.10 Å². The highest BCUT2D eigenvalue weighted by Gasteiger charge is 2.16. The van der Waals surface area contributed by atoms with Crippen molar-refractivity contribution >= 4 is 44.7 Å². The van der Waals surface area contributed by atoms with Gasteiger partial charge in [-0.15, -0.1) is 11.3 Å². The lowest BCUT2D eigenvalue weighted by Crippen LogP contribution is -2.09. The van der Waals surface area contributed by atoms with Crippen molar-refractivity contribution in [1.29, 1.82) is 0 Å². The molecule has 3 N–H and O–H groups in total. The smallest absolute Gasteiger partial charge is 0.224 e. The summed E-state index contributed by atoms with van der Waals surface area (Å²) < 4.78 is 0. The van der Waals surface area contributed by atoms with Crippen molar-refractivity contribution < 1.29 is 4.79 Å². The number of hydrogen-bond acceptors (Lipinski definition) is 5. The van der Waals surface area contributed by atoms with Crippen LogP contribution in [0, 0.1) is 6.92 Å². The van der Waals surface area contributed by atoms with E-state index in [0.717, 1.165) is 54.9 Å². The minimum Gasteiger partial charge on any atom is -0.353 e. The van der Waals surface area contributed by atoms with Crippen molar-refractivity contribution in [3.05, 3.63) is 72.0 Å². The molecule has 172 valence electrons. The van der Waals surface area contributed by atoms with Crippen LogP contribution in [0.4, 0.5) is 5.69 Å². The molecule has 6 rings (SSSR count). The van der Waals surface area contributed by atoms with Crippen molar-refractivity contribution in [1.82, 2.24) is 25.1 Å². The Labute approximate surface area is 205 Å². The number of anilines is 1. The Hall–Kier alpha value is -4.30. The first-order valence-corrected chi connectivity index (χ1v) is 12.2. The fraction of sp³-hybridized carbons (Fsp3) is 0.111.